The van der Waals surface area contributed by atoms with Crippen LogP contribution in [-0.2, 0) is 6.54 Å². The van der Waals surface area contributed by atoms with Gasteiger partial charge < -0.3 is 9.88 Å². The number of nitrogens with one attached hydrogen (secondary N) is 1. The number of carbonyl (C=O) groups excluding carboxylic acids is 1. The molecule has 0 saturated carbocycles. The first kappa shape index (κ1) is 17.5. The highest BCUT2D eigenvalue weighted by Gasteiger charge is 2.38. The Morgan fingerprint density at radius 3 is 2.96 bits per heavy atom. The molecule has 2 aromatic rings. The fraction of sp³-hybridized carbons (Fsp3) is 0.526. The largest absolute Gasteiger partial charge is 0.348 e. The number of pyridine rings is 1. The van der Waals surface area contributed by atoms with Crippen LogP contribution >= 0.6 is 11.8 Å². The van der Waals surface area contributed by atoms with E-state index in [1.54, 1.807) is 12.5 Å². The molecule has 2 aromatic heterocycles. The topological polar surface area (TPSA) is 65.1 Å². The summed E-state index contributed by atoms with van der Waals surface area (Å²) in [6.07, 6.45) is 7.78. The molecule has 3 saturated heterocycles. The van der Waals surface area contributed by atoms with Crippen LogP contribution in [0.1, 0.15) is 34.6 Å². The highest BCUT2D eigenvalue weighted by Crippen LogP contribution is 2.31. The summed E-state index contributed by atoms with van der Waals surface area (Å²) in [5.74, 6) is 0.668. The Morgan fingerprint density at radius 2 is 2.19 bits per heavy atom. The van der Waals surface area contributed by atoms with Gasteiger partial charge in [0.25, 0.3) is 5.91 Å². The van der Waals surface area contributed by atoms with E-state index in [4.69, 9.17) is 0 Å². The molecule has 26 heavy (non-hydrogen) atoms. The SMILES string of the molecule is CSc1ncccc1C(=O)N1C[C@@H]2CC[C@H]1CN(Cc1nc[nH]c1C)C2. The summed E-state index contributed by atoms with van der Waals surface area (Å²) >= 11 is 1.54. The molecular formula is C19H25N5OS. The zero-order valence-electron chi connectivity index (χ0n) is 15.3. The standard InChI is InChI=1S/C19H25N5OS/c1-13-17(22-12-21-13)11-23-8-14-5-6-15(10-23)24(9-14)19(25)16-4-3-7-20-18(16)26-2/h3-4,7,12,14-15H,5-6,8-11H2,1-2H3,(H,21,22)/t14-,15+/m1/s1. The molecule has 5 heterocycles. The second kappa shape index (κ2) is 7.40. The van der Waals surface area contributed by atoms with Crippen LogP contribution < -0.4 is 0 Å². The Bertz CT molecular complexity index is 792. The molecule has 0 spiro atoms. The van der Waals surface area contributed by atoms with Crippen LogP contribution in [0.15, 0.2) is 29.7 Å². The summed E-state index contributed by atoms with van der Waals surface area (Å²) < 4.78 is 0. The van der Waals surface area contributed by atoms with Gasteiger partial charge in [-0.3, -0.25) is 9.69 Å². The van der Waals surface area contributed by atoms with E-state index in [-0.39, 0.29) is 11.9 Å². The van der Waals surface area contributed by atoms with E-state index in [0.29, 0.717) is 5.92 Å². The minimum absolute atomic E-state index is 0.134. The molecule has 3 fully saturated rings. The molecule has 1 amide bonds. The number of hydrogen-bond acceptors (Lipinski definition) is 5. The molecule has 0 aliphatic carbocycles. The summed E-state index contributed by atoms with van der Waals surface area (Å²) in [6, 6.07) is 4.04. The van der Waals surface area contributed by atoms with Crippen LogP contribution in [0.5, 0.6) is 0 Å². The van der Waals surface area contributed by atoms with E-state index >= 15 is 0 Å². The molecular weight excluding hydrogens is 346 g/mol. The van der Waals surface area contributed by atoms with Gasteiger partial charge in [0.2, 0.25) is 0 Å². The third-order valence-electron chi connectivity index (χ3n) is 5.55. The second-order valence-electron chi connectivity index (χ2n) is 7.28. The van der Waals surface area contributed by atoms with Gasteiger partial charge in [-0.25, -0.2) is 9.97 Å². The molecule has 2 bridgehead atoms. The lowest BCUT2D eigenvalue weighted by Crippen LogP contribution is -2.47. The zero-order valence-corrected chi connectivity index (χ0v) is 16.1. The molecule has 3 aliphatic heterocycles. The van der Waals surface area contributed by atoms with Gasteiger partial charge in [-0.1, -0.05) is 0 Å². The predicted molar refractivity (Wildman–Crippen MR) is 102 cm³/mol. The number of nitrogens with zero attached hydrogens (tertiary/aromatic N) is 4. The predicted octanol–water partition coefficient (Wildman–Crippen LogP) is 2.57. The normalized spacial score (nSPS) is 23.2. The van der Waals surface area contributed by atoms with E-state index in [0.717, 1.165) is 54.6 Å². The summed E-state index contributed by atoms with van der Waals surface area (Å²) in [4.78, 5) is 29.8. The summed E-state index contributed by atoms with van der Waals surface area (Å²) in [5.41, 5.74) is 2.98. The summed E-state index contributed by atoms with van der Waals surface area (Å²) in [7, 11) is 0. The van der Waals surface area contributed by atoms with Gasteiger partial charge in [0.05, 0.1) is 17.6 Å². The third kappa shape index (κ3) is 3.38. The first-order valence-corrected chi connectivity index (χ1v) is 10.4. The van der Waals surface area contributed by atoms with Crippen molar-refractivity contribution in [3.63, 3.8) is 0 Å². The maximum atomic E-state index is 13.2. The zero-order chi connectivity index (χ0) is 18.1. The lowest BCUT2D eigenvalue weighted by molar-refractivity contribution is 0.0580. The smallest absolute Gasteiger partial charge is 0.256 e. The van der Waals surface area contributed by atoms with Gasteiger partial charge >= 0.3 is 0 Å². The minimum atomic E-state index is 0.134. The van der Waals surface area contributed by atoms with Crippen molar-refractivity contribution in [3.05, 3.63) is 41.6 Å². The molecule has 138 valence electrons. The number of hydrogen-bond donors (Lipinski definition) is 1. The van der Waals surface area contributed by atoms with Gasteiger partial charge in [-0.15, -0.1) is 11.8 Å². The lowest BCUT2D eigenvalue weighted by Gasteiger charge is -2.36. The van der Waals surface area contributed by atoms with Crippen molar-refractivity contribution in [2.24, 2.45) is 5.92 Å². The van der Waals surface area contributed by atoms with E-state index in [2.05, 4.69) is 31.7 Å². The Balaban J connectivity index is 1.53. The van der Waals surface area contributed by atoms with Crippen LogP contribution in [0.4, 0.5) is 0 Å². The molecule has 5 rings (SSSR count). The average Bonchev–Trinajstić information content (AvgIpc) is 2.88. The molecule has 7 heteroatoms. The number of aromatic amines is 1. The number of amides is 1. The fourth-order valence-electron chi connectivity index (χ4n) is 4.19. The van der Waals surface area contributed by atoms with Crippen molar-refractivity contribution in [2.45, 2.75) is 37.4 Å². The van der Waals surface area contributed by atoms with Crippen LogP contribution in [0.3, 0.4) is 0 Å². The van der Waals surface area contributed by atoms with Crippen molar-refractivity contribution in [1.82, 2.24) is 24.8 Å². The highest BCUT2D eigenvalue weighted by molar-refractivity contribution is 7.98. The van der Waals surface area contributed by atoms with Crippen molar-refractivity contribution in [3.8, 4) is 0 Å². The first-order chi connectivity index (χ1) is 12.7. The molecule has 3 aliphatic rings. The lowest BCUT2D eigenvalue weighted by atomic mass is 9.94. The van der Waals surface area contributed by atoms with E-state index in [1.165, 1.54) is 18.2 Å². The molecule has 2 atom stereocenters. The molecule has 0 unspecified atom stereocenters. The Kier molecular flexibility index (Phi) is 5.00. The molecule has 0 radical (unpaired) electrons. The number of rotatable bonds is 4. The van der Waals surface area contributed by atoms with Gasteiger partial charge in [-0.05, 0) is 44.1 Å². The summed E-state index contributed by atoms with van der Waals surface area (Å²) in [6.45, 7) is 5.73. The highest BCUT2D eigenvalue weighted by atomic mass is 32.2. The van der Waals surface area contributed by atoms with Crippen LogP contribution in [0.25, 0.3) is 0 Å². The third-order valence-corrected chi connectivity index (χ3v) is 6.26. The number of H-pyrrole nitrogens is 1. The van der Waals surface area contributed by atoms with Crippen molar-refractivity contribution in [1.29, 1.82) is 0 Å². The molecule has 6 nitrogen and oxygen atoms in total. The van der Waals surface area contributed by atoms with Gasteiger partial charge in [-0.2, -0.15) is 0 Å². The molecule has 0 aromatic carbocycles. The van der Waals surface area contributed by atoms with E-state index in [9.17, 15) is 4.79 Å². The second-order valence-corrected chi connectivity index (χ2v) is 8.08. The number of aryl methyl sites for hydroxylation is 1. The van der Waals surface area contributed by atoms with E-state index in [1.807, 2.05) is 18.4 Å². The maximum absolute atomic E-state index is 13.2. The number of thioether (sulfide) groups is 1. The Morgan fingerprint density at radius 1 is 1.31 bits per heavy atom. The Labute approximate surface area is 158 Å². The number of carbonyl (C=O) groups is 1. The van der Waals surface area contributed by atoms with Crippen molar-refractivity contribution >= 4 is 17.7 Å². The quantitative estimate of drug-likeness (QED) is 0.837. The number of piperidine rings is 1. The monoisotopic (exact) mass is 371 g/mol. The Hall–Kier alpha value is -1.86. The van der Waals surface area contributed by atoms with E-state index < -0.39 is 0 Å². The van der Waals surface area contributed by atoms with Gasteiger partial charge in [0.15, 0.2) is 0 Å². The average molecular weight is 372 g/mol. The number of aromatic nitrogens is 3. The van der Waals surface area contributed by atoms with Gasteiger partial charge in [0.1, 0.15) is 5.03 Å². The first-order valence-electron chi connectivity index (χ1n) is 9.17. The number of fused-ring (bicyclic) bond motifs is 4. The van der Waals surface area contributed by atoms with Crippen molar-refractivity contribution in [2.75, 3.05) is 25.9 Å². The summed E-state index contributed by atoms with van der Waals surface area (Å²) in [5, 5.41) is 0.821. The van der Waals surface area contributed by atoms with Crippen LogP contribution in [-0.4, -0.2) is 62.6 Å². The van der Waals surface area contributed by atoms with Gasteiger partial charge in [0, 0.05) is 44.1 Å². The number of imidazole rings is 1. The maximum Gasteiger partial charge on any atom is 0.256 e. The fourth-order valence-corrected chi connectivity index (χ4v) is 4.73. The van der Waals surface area contributed by atoms with Crippen molar-refractivity contribution < 1.29 is 4.79 Å². The van der Waals surface area contributed by atoms with Crippen LogP contribution in [0.2, 0.25) is 0 Å². The minimum Gasteiger partial charge on any atom is -0.348 e. The molecule has 1 N–H and O–H groups in total. The van der Waals surface area contributed by atoms with Crippen LogP contribution in [0, 0.1) is 12.8 Å².